The van der Waals surface area contributed by atoms with E-state index in [1.165, 1.54) is 25.7 Å². The molecule has 5 N–H and O–H groups in total. The molecule has 0 amide bonds. The van der Waals surface area contributed by atoms with Crippen LogP contribution in [0.3, 0.4) is 0 Å². The van der Waals surface area contributed by atoms with Crippen LogP contribution >= 0.6 is 0 Å². The van der Waals surface area contributed by atoms with E-state index < -0.39 is 30.6 Å². The number of carbonyl (C=O) groups excluding carboxylic acids is 1. The molecule has 1 rings (SSSR count). The molecule has 5 atom stereocenters. The minimum atomic E-state index is -1.39. The van der Waals surface area contributed by atoms with Gasteiger partial charge in [-0.05, 0) is 6.42 Å². The number of esters is 1. The van der Waals surface area contributed by atoms with E-state index in [1.54, 1.807) is 0 Å². The largest absolute Gasteiger partial charge is 0.463 e. The maximum atomic E-state index is 11.6. The Morgan fingerprint density at radius 2 is 1.65 bits per heavy atom. The Morgan fingerprint density at radius 1 is 1.04 bits per heavy atom. The Bertz CT molecular complexity index is 341. The van der Waals surface area contributed by atoms with Crippen molar-refractivity contribution in [1.82, 2.24) is 0 Å². The van der Waals surface area contributed by atoms with Crippen LogP contribution in [0.5, 0.6) is 0 Å². The molecule has 0 radical (unpaired) electrons. The fourth-order valence-corrected chi connectivity index (χ4v) is 2.58. The monoisotopic (exact) mass is 333 g/mol. The molecule has 0 unspecified atom stereocenters. The molecule has 0 aliphatic carbocycles. The summed E-state index contributed by atoms with van der Waals surface area (Å²) in [7, 11) is 0. The maximum Gasteiger partial charge on any atom is 0.305 e. The van der Waals surface area contributed by atoms with E-state index in [2.05, 4.69) is 6.92 Å². The number of hydrogen-bond donors (Lipinski definition) is 4. The van der Waals surface area contributed by atoms with Crippen LogP contribution in [0.1, 0.15) is 58.3 Å². The highest BCUT2D eigenvalue weighted by Crippen LogP contribution is 2.19. The van der Waals surface area contributed by atoms with Crippen LogP contribution in [0, 0.1) is 0 Å². The topological polar surface area (TPSA) is 122 Å². The van der Waals surface area contributed by atoms with Crippen LogP contribution < -0.4 is 5.73 Å². The summed E-state index contributed by atoms with van der Waals surface area (Å²) in [6.45, 7) is 1.96. The number of aliphatic hydroxyl groups excluding tert-OH is 3. The number of nitrogens with two attached hydrogens (primary N) is 1. The van der Waals surface area contributed by atoms with Crippen LogP contribution in [0.15, 0.2) is 0 Å². The van der Waals surface area contributed by atoms with E-state index in [0.717, 1.165) is 19.3 Å². The predicted molar refractivity (Wildman–Crippen MR) is 84.4 cm³/mol. The molecule has 0 aromatic heterocycles. The molecule has 1 aliphatic rings. The van der Waals surface area contributed by atoms with Gasteiger partial charge in [-0.15, -0.1) is 0 Å². The fourth-order valence-electron chi connectivity index (χ4n) is 2.58. The highest BCUT2D eigenvalue weighted by atomic mass is 16.6. The van der Waals surface area contributed by atoms with E-state index in [9.17, 15) is 20.1 Å². The molecule has 0 bridgehead atoms. The second kappa shape index (κ2) is 10.9. The molecule has 136 valence electrons. The van der Waals surface area contributed by atoms with Gasteiger partial charge in [0.25, 0.3) is 0 Å². The van der Waals surface area contributed by atoms with Crippen molar-refractivity contribution in [3.63, 3.8) is 0 Å². The molecule has 23 heavy (non-hydrogen) atoms. The molecule has 1 aliphatic heterocycles. The van der Waals surface area contributed by atoms with Gasteiger partial charge in [0.1, 0.15) is 24.9 Å². The minimum Gasteiger partial charge on any atom is -0.463 e. The Balaban J connectivity index is 2.13. The third-order valence-electron chi connectivity index (χ3n) is 4.16. The van der Waals surface area contributed by atoms with Crippen LogP contribution in [0.4, 0.5) is 0 Å². The van der Waals surface area contributed by atoms with Crippen molar-refractivity contribution < 1.29 is 29.6 Å². The first kappa shape index (κ1) is 20.3. The van der Waals surface area contributed by atoms with Crippen molar-refractivity contribution in [3.05, 3.63) is 0 Å². The van der Waals surface area contributed by atoms with E-state index in [1.807, 2.05) is 0 Å². The summed E-state index contributed by atoms with van der Waals surface area (Å²) in [4.78, 5) is 11.6. The van der Waals surface area contributed by atoms with Gasteiger partial charge in [-0.25, -0.2) is 0 Å². The zero-order chi connectivity index (χ0) is 17.2. The lowest BCUT2D eigenvalue weighted by atomic mass is 9.98. The van der Waals surface area contributed by atoms with Crippen LogP contribution in [0.25, 0.3) is 0 Å². The second-order valence-electron chi connectivity index (χ2n) is 6.18. The lowest BCUT2D eigenvalue weighted by molar-refractivity contribution is -0.251. The van der Waals surface area contributed by atoms with E-state index in [-0.39, 0.29) is 12.6 Å². The third-order valence-corrected chi connectivity index (χ3v) is 4.16. The van der Waals surface area contributed by atoms with Gasteiger partial charge in [-0.3, -0.25) is 4.79 Å². The molecule has 7 heteroatoms. The Hall–Kier alpha value is -0.730. The first-order valence-corrected chi connectivity index (χ1v) is 8.58. The molecule has 1 saturated heterocycles. The van der Waals surface area contributed by atoms with Crippen molar-refractivity contribution in [3.8, 4) is 0 Å². The van der Waals surface area contributed by atoms with Gasteiger partial charge in [-0.1, -0.05) is 45.4 Å². The van der Waals surface area contributed by atoms with Crippen molar-refractivity contribution in [2.75, 3.05) is 6.61 Å². The number of unbranched alkanes of at least 4 members (excludes halogenated alkanes) is 6. The number of hydrogen-bond acceptors (Lipinski definition) is 7. The Kier molecular flexibility index (Phi) is 9.66. The minimum absolute atomic E-state index is 0.211. The number of rotatable bonds is 10. The third kappa shape index (κ3) is 7.14. The molecular formula is C16H31NO6. The normalized spacial score (nSPS) is 31.1. The molecule has 0 spiro atoms. The van der Waals surface area contributed by atoms with Crippen molar-refractivity contribution in [2.45, 2.75) is 88.9 Å². The molecule has 7 nitrogen and oxygen atoms in total. The van der Waals surface area contributed by atoms with Crippen LogP contribution in [-0.2, 0) is 14.3 Å². The van der Waals surface area contributed by atoms with Crippen molar-refractivity contribution >= 4 is 5.97 Å². The highest BCUT2D eigenvalue weighted by Gasteiger charge is 2.42. The van der Waals surface area contributed by atoms with Crippen molar-refractivity contribution in [1.29, 1.82) is 0 Å². The summed E-state index contributed by atoms with van der Waals surface area (Å²) in [5.74, 6) is -0.367. The molecule has 1 fully saturated rings. The lowest BCUT2D eigenvalue weighted by Gasteiger charge is -2.38. The summed E-state index contributed by atoms with van der Waals surface area (Å²) in [5, 5.41) is 29.0. The average molecular weight is 333 g/mol. The lowest BCUT2D eigenvalue weighted by Crippen LogP contribution is -2.62. The number of carbonyl (C=O) groups is 1. The second-order valence-corrected chi connectivity index (χ2v) is 6.18. The van der Waals surface area contributed by atoms with Gasteiger partial charge in [0.05, 0.1) is 6.04 Å². The zero-order valence-electron chi connectivity index (χ0n) is 13.9. The molecular weight excluding hydrogens is 302 g/mol. The smallest absolute Gasteiger partial charge is 0.305 e. The SMILES string of the molecule is CCCCCCCCCC(=O)OC[C@H]1O[C@@H](O)[C@H](N)[C@@H](O)[C@@H]1O. The maximum absolute atomic E-state index is 11.6. The quantitative estimate of drug-likeness (QED) is 0.338. The van der Waals surface area contributed by atoms with Gasteiger partial charge >= 0.3 is 5.97 Å². The zero-order valence-corrected chi connectivity index (χ0v) is 13.9. The van der Waals surface area contributed by atoms with Gasteiger partial charge in [-0.2, -0.15) is 0 Å². The summed E-state index contributed by atoms with van der Waals surface area (Å²) >= 11 is 0. The van der Waals surface area contributed by atoms with Gasteiger partial charge in [0, 0.05) is 6.42 Å². The van der Waals surface area contributed by atoms with Crippen molar-refractivity contribution in [2.24, 2.45) is 5.73 Å². The fraction of sp³-hybridized carbons (Fsp3) is 0.938. The molecule has 0 aromatic rings. The number of aliphatic hydroxyl groups is 3. The Morgan fingerprint density at radius 3 is 2.30 bits per heavy atom. The van der Waals surface area contributed by atoms with Gasteiger partial charge < -0.3 is 30.5 Å². The van der Waals surface area contributed by atoms with Crippen LogP contribution in [-0.4, -0.2) is 58.5 Å². The van der Waals surface area contributed by atoms with Gasteiger partial charge in [0.2, 0.25) is 0 Å². The summed E-state index contributed by atoms with van der Waals surface area (Å²) in [6.07, 6.45) is 3.15. The predicted octanol–water partition coefficient (Wildman–Crippen LogP) is 0.437. The van der Waals surface area contributed by atoms with E-state index in [4.69, 9.17) is 15.2 Å². The van der Waals surface area contributed by atoms with Gasteiger partial charge in [0.15, 0.2) is 6.29 Å². The number of ether oxygens (including phenoxy) is 2. The van der Waals surface area contributed by atoms with Crippen LogP contribution in [0.2, 0.25) is 0 Å². The van der Waals surface area contributed by atoms with E-state index >= 15 is 0 Å². The summed E-state index contributed by atoms with van der Waals surface area (Å²) in [6, 6.07) is -1.08. The molecule has 0 saturated carbocycles. The summed E-state index contributed by atoms with van der Waals surface area (Å²) in [5.41, 5.74) is 5.46. The molecule has 0 aromatic carbocycles. The summed E-state index contributed by atoms with van der Waals surface area (Å²) < 4.78 is 10.1. The first-order valence-electron chi connectivity index (χ1n) is 8.58. The molecule has 1 heterocycles. The highest BCUT2D eigenvalue weighted by molar-refractivity contribution is 5.69. The average Bonchev–Trinajstić information content (AvgIpc) is 2.54. The van der Waals surface area contributed by atoms with E-state index in [0.29, 0.717) is 6.42 Å². The first-order chi connectivity index (χ1) is 11.0. The Labute approximate surface area is 137 Å². The standard InChI is InChI=1S/C16H31NO6/c1-2-3-4-5-6-7-8-9-12(18)22-10-11-14(19)15(20)13(17)16(21)23-11/h11,13-16,19-21H,2-10,17H2,1H3/t11-,13-,14-,15-,16-/m1/s1.